The van der Waals surface area contributed by atoms with Crippen molar-refractivity contribution < 1.29 is 0 Å². The molecule has 2 aliphatic rings. The molecule has 0 N–H and O–H groups in total. The molecule has 112 valence electrons. The Bertz CT molecular complexity index is 235. The van der Waals surface area contributed by atoms with Crippen LogP contribution < -0.4 is 0 Å². The summed E-state index contributed by atoms with van der Waals surface area (Å²) in [5.41, 5.74) is 0. The first-order valence-electron chi connectivity index (χ1n) is 7.97. The summed E-state index contributed by atoms with van der Waals surface area (Å²) >= 11 is 2.11. The Hall–Kier alpha value is 0.0100. The zero-order chi connectivity index (χ0) is 13.9. The SMILES string of the molecule is CCC(C)N1CCCSCC1.CCN1CC=CCC1. The third-order valence-corrected chi connectivity index (χ3v) is 5.11. The van der Waals surface area contributed by atoms with Crippen LogP contribution in [0.2, 0.25) is 0 Å². The average molecular weight is 285 g/mol. The highest BCUT2D eigenvalue weighted by Gasteiger charge is 2.13. The Morgan fingerprint density at radius 3 is 2.53 bits per heavy atom. The number of likely N-dealkylation sites (N-methyl/N-ethyl adjacent to an activating group) is 1. The number of nitrogens with zero attached hydrogens (tertiary/aromatic N) is 2. The molecule has 2 aliphatic heterocycles. The van der Waals surface area contributed by atoms with Crippen molar-refractivity contribution in [2.45, 2.75) is 46.1 Å². The largest absolute Gasteiger partial charge is 0.300 e. The maximum absolute atomic E-state index is 2.62. The van der Waals surface area contributed by atoms with Gasteiger partial charge in [0, 0.05) is 31.4 Å². The molecule has 0 spiro atoms. The maximum Gasteiger partial charge on any atom is 0.0163 e. The zero-order valence-electron chi connectivity index (χ0n) is 13.1. The summed E-state index contributed by atoms with van der Waals surface area (Å²) in [7, 11) is 0. The van der Waals surface area contributed by atoms with Gasteiger partial charge in [0.1, 0.15) is 0 Å². The van der Waals surface area contributed by atoms with Crippen molar-refractivity contribution in [1.29, 1.82) is 0 Å². The summed E-state index contributed by atoms with van der Waals surface area (Å²) in [5.74, 6) is 2.71. The van der Waals surface area contributed by atoms with E-state index < -0.39 is 0 Å². The monoisotopic (exact) mass is 284 g/mol. The molecule has 0 aromatic carbocycles. The Labute approximate surface area is 124 Å². The lowest BCUT2D eigenvalue weighted by Gasteiger charge is -2.25. The van der Waals surface area contributed by atoms with Crippen molar-refractivity contribution in [3.05, 3.63) is 12.2 Å². The standard InChI is InChI=1S/C9H19NS.C7H13N/c1-3-9(2)10-5-4-7-11-8-6-10;1-2-8-6-4-3-5-7-8/h9H,3-8H2,1-2H3;3-4H,2,5-7H2,1H3. The lowest BCUT2D eigenvalue weighted by Crippen LogP contribution is -2.34. The molecule has 1 atom stereocenters. The van der Waals surface area contributed by atoms with E-state index in [1.54, 1.807) is 0 Å². The molecule has 0 radical (unpaired) electrons. The molecule has 1 saturated heterocycles. The van der Waals surface area contributed by atoms with Crippen molar-refractivity contribution in [3.63, 3.8) is 0 Å². The Balaban J connectivity index is 0.000000200. The highest BCUT2D eigenvalue weighted by molar-refractivity contribution is 7.99. The number of hydrogen-bond acceptors (Lipinski definition) is 3. The summed E-state index contributed by atoms with van der Waals surface area (Å²) in [6.07, 6.45) is 8.42. The van der Waals surface area contributed by atoms with Crippen LogP contribution in [-0.4, -0.2) is 60.1 Å². The van der Waals surface area contributed by atoms with Gasteiger partial charge in [0.25, 0.3) is 0 Å². The van der Waals surface area contributed by atoms with Crippen LogP contribution in [0.25, 0.3) is 0 Å². The van der Waals surface area contributed by atoms with Gasteiger partial charge in [0.2, 0.25) is 0 Å². The van der Waals surface area contributed by atoms with Gasteiger partial charge in [-0.1, -0.05) is 26.0 Å². The van der Waals surface area contributed by atoms with Crippen LogP contribution in [0, 0.1) is 0 Å². The second-order valence-corrected chi connectivity index (χ2v) is 6.64. The molecule has 0 aromatic rings. The van der Waals surface area contributed by atoms with E-state index in [1.165, 1.54) is 56.9 Å². The molecule has 2 heterocycles. The normalized spacial score (nSPS) is 23.3. The average Bonchev–Trinajstić information content (AvgIpc) is 2.77. The molecule has 0 bridgehead atoms. The van der Waals surface area contributed by atoms with Gasteiger partial charge in [-0.15, -0.1) is 0 Å². The van der Waals surface area contributed by atoms with Crippen molar-refractivity contribution in [2.75, 3.05) is 44.2 Å². The molecule has 0 amide bonds. The van der Waals surface area contributed by atoms with E-state index in [0.717, 1.165) is 12.6 Å². The molecule has 0 aromatic heterocycles. The van der Waals surface area contributed by atoms with E-state index >= 15 is 0 Å². The lowest BCUT2D eigenvalue weighted by molar-refractivity contribution is 0.220. The second kappa shape index (κ2) is 10.8. The molecule has 2 rings (SSSR count). The molecule has 2 nitrogen and oxygen atoms in total. The fourth-order valence-electron chi connectivity index (χ4n) is 2.44. The first-order valence-corrected chi connectivity index (χ1v) is 9.12. The Morgan fingerprint density at radius 2 is 1.95 bits per heavy atom. The van der Waals surface area contributed by atoms with Gasteiger partial charge < -0.3 is 0 Å². The van der Waals surface area contributed by atoms with Gasteiger partial charge in [-0.25, -0.2) is 0 Å². The van der Waals surface area contributed by atoms with Gasteiger partial charge in [-0.2, -0.15) is 11.8 Å². The highest BCUT2D eigenvalue weighted by atomic mass is 32.2. The molecule has 3 heteroatoms. The topological polar surface area (TPSA) is 6.48 Å². The van der Waals surface area contributed by atoms with Crippen molar-refractivity contribution in [3.8, 4) is 0 Å². The van der Waals surface area contributed by atoms with Gasteiger partial charge in [0.15, 0.2) is 0 Å². The van der Waals surface area contributed by atoms with Gasteiger partial charge >= 0.3 is 0 Å². The minimum atomic E-state index is 0.800. The summed E-state index contributed by atoms with van der Waals surface area (Å²) in [5, 5.41) is 0. The zero-order valence-corrected chi connectivity index (χ0v) is 13.9. The molecule has 0 aliphatic carbocycles. The highest BCUT2D eigenvalue weighted by Crippen LogP contribution is 2.13. The van der Waals surface area contributed by atoms with Crippen molar-refractivity contribution >= 4 is 11.8 Å². The lowest BCUT2D eigenvalue weighted by atomic mass is 10.2. The van der Waals surface area contributed by atoms with E-state index in [4.69, 9.17) is 0 Å². The van der Waals surface area contributed by atoms with E-state index in [1.807, 2.05) is 0 Å². The van der Waals surface area contributed by atoms with Gasteiger partial charge in [-0.3, -0.25) is 9.80 Å². The number of rotatable bonds is 3. The fourth-order valence-corrected chi connectivity index (χ4v) is 3.34. The van der Waals surface area contributed by atoms with Crippen LogP contribution in [0.3, 0.4) is 0 Å². The van der Waals surface area contributed by atoms with Crippen LogP contribution in [0.1, 0.15) is 40.0 Å². The van der Waals surface area contributed by atoms with Gasteiger partial charge in [0.05, 0.1) is 0 Å². The minimum absolute atomic E-state index is 0.800. The third kappa shape index (κ3) is 7.38. The molecule has 1 unspecified atom stereocenters. The number of hydrogen-bond donors (Lipinski definition) is 0. The van der Waals surface area contributed by atoms with E-state index in [-0.39, 0.29) is 0 Å². The Kier molecular flexibility index (Phi) is 9.66. The third-order valence-electron chi connectivity index (χ3n) is 4.06. The minimum Gasteiger partial charge on any atom is -0.300 e. The van der Waals surface area contributed by atoms with Crippen LogP contribution in [0.5, 0.6) is 0 Å². The second-order valence-electron chi connectivity index (χ2n) is 5.41. The molecule has 19 heavy (non-hydrogen) atoms. The summed E-state index contributed by atoms with van der Waals surface area (Å²) in [4.78, 5) is 5.06. The predicted molar refractivity (Wildman–Crippen MR) is 89.1 cm³/mol. The first kappa shape index (κ1) is 17.1. The van der Waals surface area contributed by atoms with E-state index in [2.05, 4.69) is 54.5 Å². The predicted octanol–water partition coefficient (Wildman–Crippen LogP) is 3.49. The van der Waals surface area contributed by atoms with Crippen LogP contribution in [0.4, 0.5) is 0 Å². The first-order chi connectivity index (χ1) is 9.27. The quantitative estimate of drug-likeness (QED) is 0.733. The molecular formula is C16H32N2S. The Morgan fingerprint density at radius 1 is 1.11 bits per heavy atom. The maximum atomic E-state index is 2.62. The van der Waals surface area contributed by atoms with Crippen LogP contribution in [0.15, 0.2) is 12.2 Å². The van der Waals surface area contributed by atoms with Crippen molar-refractivity contribution in [1.82, 2.24) is 9.80 Å². The van der Waals surface area contributed by atoms with Gasteiger partial charge in [-0.05, 0) is 45.0 Å². The van der Waals surface area contributed by atoms with E-state index in [0.29, 0.717) is 0 Å². The summed E-state index contributed by atoms with van der Waals surface area (Å²) in [6.45, 7) is 13.1. The smallest absolute Gasteiger partial charge is 0.0163 e. The van der Waals surface area contributed by atoms with Crippen LogP contribution in [-0.2, 0) is 0 Å². The van der Waals surface area contributed by atoms with Crippen LogP contribution >= 0.6 is 11.8 Å². The molecular weight excluding hydrogens is 252 g/mol. The fraction of sp³-hybridized carbons (Fsp3) is 0.875. The molecule has 1 fully saturated rings. The number of thioether (sulfide) groups is 1. The summed E-state index contributed by atoms with van der Waals surface area (Å²) in [6, 6.07) is 0.800. The summed E-state index contributed by atoms with van der Waals surface area (Å²) < 4.78 is 0. The van der Waals surface area contributed by atoms with E-state index in [9.17, 15) is 0 Å². The van der Waals surface area contributed by atoms with Crippen molar-refractivity contribution in [2.24, 2.45) is 0 Å². The molecule has 0 saturated carbocycles.